The molecule has 0 heterocycles. The summed E-state index contributed by atoms with van der Waals surface area (Å²) in [4.78, 5) is 0. The molecule has 0 spiro atoms. The topological polar surface area (TPSA) is 0 Å². The van der Waals surface area contributed by atoms with E-state index in [9.17, 15) is 0 Å². The Morgan fingerprint density at radius 3 is 1.20 bits per heavy atom. The average Bonchev–Trinajstić information content (AvgIpc) is 2.64. The van der Waals surface area contributed by atoms with Crippen molar-refractivity contribution in [3.8, 4) is 0 Å². The van der Waals surface area contributed by atoms with Crippen LogP contribution in [-0.4, -0.2) is 0 Å². The van der Waals surface area contributed by atoms with Gasteiger partial charge < -0.3 is 0 Å². The molecule has 0 aromatic heterocycles. The van der Waals surface area contributed by atoms with Crippen LogP contribution in [0.25, 0.3) is 0 Å². The van der Waals surface area contributed by atoms with E-state index in [0.29, 0.717) is 5.92 Å². The molecule has 0 radical (unpaired) electrons. The molecule has 0 heteroatoms. The van der Waals surface area contributed by atoms with E-state index in [4.69, 9.17) is 0 Å². The number of rotatable bonds is 3. The van der Waals surface area contributed by atoms with E-state index in [1.165, 1.54) is 22.3 Å². The van der Waals surface area contributed by atoms with Gasteiger partial charge >= 0.3 is 0 Å². The lowest BCUT2D eigenvalue weighted by atomic mass is 9.61. The van der Waals surface area contributed by atoms with Gasteiger partial charge in [0.15, 0.2) is 0 Å². The molecule has 0 saturated carbocycles. The SMILES string of the molecule is CCC(c1ccccc1C(C)(C)C)c1c(C(C)(C)C)c(C(C)(C)C)cc(C(C)(C)C)c1C(C)(C)C. The van der Waals surface area contributed by atoms with E-state index in [0.717, 1.165) is 6.42 Å². The molecule has 0 nitrogen and oxygen atoms in total. The zero-order valence-electron chi connectivity index (χ0n) is 26.2. The molecule has 1 atom stereocenters. The van der Waals surface area contributed by atoms with E-state index in [1.807, 2.05) is 0 Å². The monoisotopic (exact) mass is 476 g/mol. The molecular weight excluding hydrogens is 420 g/mol. The van der Waals surface area contributed by atoms with Crippen molar-refractivity contribution in [1.82, 2.24) is 0 Å². The van der Waals surface area contributed by atoms with Crippen LogP contribution in [-0.2, 0) is 27.1 Å². The maximum Gasteiger partial charge on any atom is 0.00957 e. The molecule has 0 aliphatic carbocycles. The minimum atomic E-state index is 0.0401. The van der Waals surface area contributed by atoms with Crippen LogP contribution in [0.2, 0.25) is 0 Å². The van der Waals surface area contributed by atoms with Crippen LogP contribution < -0.4 is 0 Å². The maximum atomic E-state index is 2.59. The Hall–Kier alpha value is -1.56. The van der Waals surface area contributed by atoms with Crippen LogP contribution in [0.4, 0.5) is 0 Å². The largest absolute Gasteiger partial charge is 0.0645 e. The lowest BCUT2D eigenvalue weighted by Gasteiger charge is -2.43. The van der Waals surface area contributed by atoms with E-state index < -0.39 is 0 Å². The number of hydrogen-bond acceptors (Lipinski definition) is 0. The molecule has 2 aromatic carbocycles. The van der Waals surface area contributed by atoms with Gasteiger partial charge in [0.1, 0.15) is 0 Å². The lowest BCUT2D eigenvalue weighted by Crippen LogP contribution is -2.33. The standard InChI is InChI=1S/C35H56/c1-17-23(24-20-18-19-21-25(24)31(2,3)4)28-29(34(11,12)13)26(32(5,6)7)22-27(33(8,9)10)30(28)35(14,15)16/h18-23H,17H2,1-16H3. The van der Waals surface area contributed by atoms with E-state index in [-0.39, 0.29) is 27.1 Å². The molecule has 0 aliphatic rings. The fraction of sp³-hybridized carbons (Fsp3) is 0.657. The van der Waals surface area contributed by atoms with Crippen molar-refractivity contribution in [2.75, 3.05) is 0 Å². The van der Waals surface area contributed by atoms with Gasteiger partial charge in [-0.25, -0.2) is 0 Å². The second-order valence-corrected chi connectivity index (χ2v) is 15.9. The molecule has 0 amide bonds. The second-order valence-electron chi connectivity index (χ2n) is 15.9. The van der Waals surface area contributed by atoms with E-state index in [2.05, 4.69) is 141 Å². The zero-order chi connectivity index (χ0) is 27.4. The van der Waals surface area contributed by atoms with Crippen LogP contribution in [0.1, 0.15) is 162 Å². The van der Waals surface area contributed by atoms with Crippen molar-refractivity contribution >= 4 is 0 Å². The first-order valence-electron chi connectivity index (χ1n) is 13.8. The summed E-state index contributed by atoms with van der Waals surface area (Å²) in [6, 6.07) is 11.8. The van der Waals surface area contributed by atoms with Crippen molar-refractivity contribution in [3.05, 3.63) is 69.3 Å². The van der Waals surface area contributed by atoms with Crippen molar-refractivity contribution in [2.45, 2.75) is 150 Å². The van der Waals surface area contributed by atoms with Gasteiger partial charge in [-0.05, 0) is 72.4 Å². The van der Waals surface area contributed by atoms with Crippen LogP contribution >= 0.6 is 0 Å². The highest BCUT2D eigenvalue weighted by molar-refractivity contribution is 5.59. The first-order chi connectivity index (χ1) is 15.5. The van der Waals surface area contributed by atoms with Crippen molar-refractivity contribution < 1.29 is 0 Å². The molecule has 0 fully saturated rings. The van der Waals surface area contributed by atoms with Gasteiger partial charge in [-0.1, -0.05) is 141 Å². The number of benzene rings is 2. The van der Waals surface area contributed by atoms with Gasteiger partial charge in [0.05, 0.1) is 0 Å². The van der Waals surface area contributed by atoms with Crippen LogP contribution in [0, 0.1) is 0 Å². The van der Waals surface area contributed by atoms with Gasteiger partial charge in [-0.2, -0.15) is 0 Å². The Morgan fingerprint density at radius 1 is 0.514 bits per heavy atom. The molecule has 0 N–H and O–H groups in total. The van der Waals surface area contributed by atoms with Crippen LogP contribution in [0.5, 0.6) is 0 Å². The number of hydrogen-bond donors (Lipinski definition) is 0. The normalized spacial score (nSPS) is 14.9. The predicted molar refractivity (Wildman–Crippen MR) is 159 cm³/mol. The quantitative estimate of drug-likeness (QED) is 0.413. The highest BCUT2D eigenvalue weighted by atomic mass is 14.4. The maximum absolute atomic E-state index is 2.59. The molecule has 2 aromatic rings. The van der Waals surface area contributed by atoms with Crippen molar-refractivity contribution in [1.29, 1.82) is 0 Å². The predicted octanol–water partition coefficient (Wildman–Crippen LogP) is 10.7. The molecule has 0 aliphatic heterocycles. The molecule has 0 bridgehead atoms. The first-order valence-corrected chi connectivity index (χ1v) is 13.8. The summed E-state index contributed by atoms with van der Waals surface area (Å²) < 4.78 is 0. The summed E-state index contributed by atoms with van der Waals surface area (Å²) in [5, 5.41) is 0. The molecule has 35 heavy (non-hydrogen) atoms. The third-order valence-electron chi connectivity index (χ3n) is 7.38. The van der Waals surface area contributed by atoms with Crippen LogP contribution in [0.15, 0.2) is 30.3 Å². The lowest BCUT2D eigenvalue weighted by molar-refractivity contribution is 0.483. The molecular formula is C35H56. The Labute approximate surface area is 219 Å². The Bertz CT molecular complexity index is 978. The smallest absolute Gasteiger partial charge is 0.00957 e. The van der Waals surface area contributed by atoms with Crippen molar-refractivity contribution in [2.24, 2.45) is 0 Å². The summed E-state index contributed by atoms with van der Waals surface area (Å²) in [5.74, 6) is 0.359. The summed E-state index contributed by atoms with van der Waals surface area (Å²) >= 11 is 0. The average molecular weight is 477 g/mol. The summed E-state index contributed by atoms with van der Waals surface area (Å²) in [6.07, 6.45) is 1.09. The van der Waals surface area contributed by atoms with Gasteiger partial charge in [0.25, 0.3) is 0 Å². The third kappa shape index (κ3) is 6.23. The van der Waals surface area contributed by atoms with E-state index >= 15 is 0 Å². The molecule has 2 rings (SSSR count). The third-order valence-corrected chi connectivity index (χ3v) is 7.38. The Morgan fingerprint density at radius 2 is 0.886 bits per heavy atom. The summed E-state index contributed by atoms with van der Waals surface area (Å²) in [7, 11) is 0. The summed E-state index contributed by atoms with van der Waals surface area (Å²) in [5.41, 5.74) is 11.1. The highest BCUT2D eigenvalue weighted by Gasteiger charge is 2.39. The fourth-order valence-electron chi connectivity index (χ4n) is 5.91. The second kappa shape index (κ2) is 9.39. The van der Waals surface area contributed by atoms with Gasteiger partial charge in [-0.15, -0.1) is 0 Å². The highest BCUT2D eigenvalue weighted by Crippen LogP contribution is 2.50. The molecule has 0 saturated heterocycles. The van der Waals surface area contributed by atoms with Crippen molar-refractivity contribution in [3.63, 3.8) is 0 Å². The van der Waals surface area contributed by atoms with Gasteiger partial charge in [-0.3, -0.25) is 0 Å². The summed E-state index contributed by atoms with van der Waals surface area (Å²) in [6.45, 7) is 38.4. The van der Waals surface area contributed by atoms with Gasteiger partial charge in [0.2, 0.25) is 0 Å². The Kier molecular flexibility index (Phi) is 7.96. The van der Waals surface area contributed by atoms with Gasteiger partial charge in [0, 0.05) is 5.92 Å². The van der Waals surface area contributed by atoms with E-state index in [1.54, 1.807) is 16.7 Å². The zero-order valence-corrected chi connectivity index (χ0v) is 26.2. The minimum Gasteiger partial charge on any atom is -0.0645 e. The van der Waals surface area contributed by atoms with Crippen LogP contribution in [0.3, 0.4) is 0 Å². The minimum absolute atomic E-state index is 0.0401. The molecule has 1 unspecified atom stereocenters. The molecule has 196 valence electrons. The first kappa shape index (κ1) is 29.7. The Balaban J connectivity index is 3.31. The fourth-order valence-corrected chi connectivity index (χ4v) is 5.91.